The molecular weight excluding hydrogens is 258 g/mol. The van der Waals surface area contributed by atoms with Crippen LogP contribution in [0.1, 0.15) is 55.2 Å². The van der Waals surface area contributed by atoms with Crippen LogP contribution in [-0.2, 0) is 6.42 Å². The molecule has 100 valence electrons. The highest BCUT2D eigenvalue weighted by Crippen LogP contribution is 2.30. The topological polar surface area (TPSA) is 41.6 Å². The maximum Gasteiger partial charge on any atom is 0.153 e. The van der Waals surface area contributed by atoms with Crippen LogP contribution in [0.25, 0.3) is 0 Å². The van der Waals surface area contributed by atoms with Gasteiger partial charge in [0.2, 0.25) is 0 Å². The lowest BCUT2D eigenvalue weighted by atomic mass is 9.89. The van der Waals surface area contributed by atoms with Gasteiger partial charge in [0.05, 0.1) is 0 Å². The molecule has 3 nitrogen and oxygen atoms in total. The molecule has 3 rings (SSSR count). The van der Waals surface area contributed by atoms with Crippen LogP contribution in [0.15, 0.2) is 24.3 Å². The Labute approximate surface area is 118 Å². The Bertz CT molecular complexity index is 544. The molecule has 1 aliphatic carbocycles. The molecule has 1 aromatic heterocycles. The maximum absolute atomic E-state index is 6.17. The van der Waals surface area contributed by atoms with E-state index in [-0.39, 0.29) is 0 Å². The Morgan fingerprint density at radius 3 is 2.74 bits per heavy atom. The summed E-state index contributed by atoms with van der Waals surface area (Å²) >= 11 is 6.17. The SMILES string of the molecule is Clc1ccccc1Cc1nc(C2CCCCC2)n[nH]1. The molecule has 0 spiro atoms. The van der Waals surface area contributed by atoms with Gasteiger partial charge in [-0.2, -0.15) is 5.10 Å². The van der Waals surface area contributed by atoms with Crippen LogP contribution in [0.3, 0.4) is 0 Å². The Hall–Kier alpha value is -1.35. The van der Waals surface area contributed by atoms with E-state index in [1.165, 1.54) is 32.1 Å². The van der Waals surface area contributed by atoms with Crippen molar-refractivity contribution in [3.05, 3.63) is 46.5 Å². The average Bonchev–Trinajstić information content (AvgIpc) is 2.91. The van der Waals surface area contributed by atoms with Gasteiger partial charge in [-0.3, -0.25) is 5.10 Å². The quantitative estimate of drug-likeness (QED) is 0.916. The molecule has 0 amide bonds. The summed E-state index contributed by atoms with van der Waals surface area (Å²) in [5, 5.41) is 8.24. The fraction of sp³-hybridized carbons (Fsp3) is 0.467. The maximum atomic E-state index is 6.17. The summed E-state index contributed by atoms with van der Waals surface area (Å²) in [6.07, 6.45) is 7.14. The lowest BCUT2D eigenvalue weighted by molar-refractivity contribution is 0.429. The number of hydrogen-bond donors (Lipinski definition) is 1. The number of hydrogen-bond acceptors (Lipinski definition) is 2. The normalized spacial score (nSPS) is 16.7. The highest BCUT2D eigenvalue weighted by molar-refractivity contribution is 6.31. The van der Waals surface area contributed by atoms with Crippen molar-refractivity contribution in [2.75, 3.05) is 0 Å². The van der Waals surface area contributed by atoms with Crippen LogP contribution in [-0.4, -0.2) is 15.2 Å². The van der Waals surface area contributed by atoms with E-state index in [9.17, 15) is 0 Å². The summed E-state index contributed by atoms with van der Waals surface area (Å²) in [4.78, 5) is 4.65. The van der Waals surface area contributed by atoms with E-state index in [4.69, 9.17) is 11.6 Å². The molecule has 19 heavy (non-hydrogen) atoms. The van der Waals surface area contributed by atoms with Gasteiger partial charge in [0.15, 0.2) is 5.82 Å². The van der Waals surface area contributed by atoms with Crippen LogP contribution >= 0.6 is 11.6 Å². The number of nitrogens with one attached hydrogen (secondary N) is 1. The summed E-state index contributed by atoms with van der Waals surface area (Å²) in [6, 6.07) is 7.89. The number of benzene rings is 1. The van der Waals surface area contributed by atoms with Gasteiger partial charge < -0.3 is 0 Å². The first kappa shape index (κ1) is 12.7. The Kier molecular flexibility index (Phi) is 3.83. The van der Waals surface area contributed by atoms with Crippen molar-refractivity contribution < 1.29 is 0 Å². The number of aromatic amines is 1. The average molecular weight is 276 g/mol. The van der Waals surface area contributed by atoms with Gasteiger partial charge in [0.1, 0.15) is 5.82 Å². The zero-order chi connectivity index (χ0) is 13.1. The minimum absolute atomic E-state index is 0.546. The molecule has 1 heterocycles. The largest absolute Gasteiger partial charge is 0.263 e. The van der Waals surface area contributed by atoms with Gasteiger partial charge in [0, 0.05) is 17.4 Å². The van der Waals surface area contributed by atoms with Crippen molar-refractivity contribution in [1.29, 1.82) is 0 Å². The first-order chi connectivity index (χ1) is 9.33. The second kappa shape index (κ2) is 5.74. The summed E-state index contributed by atoms with van der Waals surface area (Å²) in [5.41, 5.74) is 1.09. The van der Waals surface area contributed by atoms with E-state index < -0.39 is 0 Å². The monoisotopic (exact) mass is 275 g/mol. The first-order valence-electron chi connectivity index (χ1n) is 6.97. The molecule has 1 fully saturated rings. The van der Waals surface area contributed by atoms with Crippen LogP contribution in [0.2, 0.25) is 5.02 Å². The summed E-state index contributed by atoms with van der Waals surface area (Å²) in [7, 11) is 0. The molecule has 0 unspecified atom stereocenters. The van der Waals surface area contributed by atoms with E-state index in [2.05, 4.69) is 15.2 Å². The lowest BCUT2D eigenvalue weighted by Gasteiger charge is -2.18. The van der Waals surface area contributed by atoms with Crippen molar-refractivity contribution >= 4 is 11.6 Å². The number of rotatable bonds is 3. The van der Waals surface area contributed by atoms with Crippen molar-refractivity contribution in [3.63, 3.8) is 0 Å². The molecule has 0 saturated heterocycles. The Balaban J connectivity index is 1.73. The van der Waals surface area contributed by atoms with Crippen molar-refractivity contribution in [3.8, 4) is 0 Å². The van der Waals surface area contributed by atoms with E-state index in [0.29, 0.717) is 5.92 Å². The predicted octanol–water partition coefficient (Wildman–Crippen LogP) is 4.10. The van der Waals surface area contributed by atoms with Gasteiger partial charge in [-0.05, 0) is 24.5 Å². The molecule has 0 radical (unpaired) electrons. The molecule has 4 heteroatoms. The molecule has 1 aromatic carbocycles. The summed E-state index contributed by atoms with van der Waals surface area (Å²) in [5.74, 6) is 2.44. The number of halogens is 1. The van der Waals surface area contributed by atoms with Gasteiger partial charge in [-0.1, -0.05) is 49.1 Å². The summed E-state index contributed by atoms with van der Waals surface area (Å²) < 4.78 is 0. The van der Waals surface area contributed by atoms with Crippen LogP contribution in [0, 0.1) is 0 Å². The molecule has 0 bridgehead atoms. The smallest absolute Gasteiger partial charge is 0.153 e. The van der Waals surface area contributed by atoms with Gasteiger partial charge in [0.25, 0.3) is 0 Å². The second-order valence-corrected chi connectivity index (χ2v) is 5.65. The minimum Gasteiger partial charge on any atom is -0.263 e. The third kappa shape index (κ3) is 2.98. The minimum atomic E-state index is 0.546. The third-order valence-corrected chi connectivity index (χ3v) is 4.20. The fourth-order valence-corrected chi connectivity index (χ4v) is 2.96. The Morgan fingerprint density at radius 1 is 1.16 bits per heavy atom. The van der Waals surface area contributed by atoms with Crippen molar-refractivity contribution in [1.82, 2.24) is 15.2 Å². The first-order valence-corrected chi connectivity index (χ1v) is 7.35. The van der Waals surface area contributed by atoms with Gasteiger partial charge in [-0.15, -0.1) is 0 Å². The lowest BCUT2D eigenvalue weighted by Crippen LogP contribution is -2.06. The number of aromatic nitrogens is 3. The van der Waals surface area contributed by atoms with Crippen LogP contribution in [0.5, 0.6) is 0 Å². The van der Waals surface area contributed by atoms with Crippen molar-refractivity contribution in [2.45, 2.75) is 44.4 Å². The number of H-pyrrole nitrogens is 1. The van der Waals surface area contributed by atoms with E-state index in [1.54, 1.807) is 0 Å². The molecule has 1 aliphatic rings. The Morgan fingerprint density at radius 2 is 1.95 bits per heavy atom. The zero-order valence-electron chi connectivity index (χ0n) is 10.9. The number of nitrogens with zero attached hydrogens (tertiary/aromatic N) is 2. The molecule has 1 N–H and O–H groups in total. The zero-order valence-corrected chi connectivity index (χ0v) is 11.7. The molecule has 0 aliphatic heterocycles. The van der Waals surface area contributed by atoms with Crippen molar-refractivity contribution in [2.24, 2.45) is 0 Å². The van der Waals surface area contributed by atoms with Gasteiger partial charge >= 0.3 is 0 Å². The fourth-order valence-electron chi connectivity index (χ4n) is 2.75. The molecule has 2 aromatic rings. The van der Waals surface area contributed by atoms with Crippen LogP contribution < -0.4 is 0 Å². The molecular formula is C15H18ClN3. The highest BCUT2D eigenvalue weighted by atomic mass is 35.5. The van der Waals surface area contributed by atoms with Gasteiger partial charge in [-0.25, -0.2) is 4.98 Å². The molecule has 0 atom stereocenters. The van der Waals surface area contributed by atoms with E-state index >= 15 is 0 Å². The third-order valence-electron chi connectivity index (χ3n) is 3.84. The summed E-state index contributed by atoms with van der Waals surface area (Å²) in [6.45, 7) is 0. The van der Waals surface area contributed by atoms with E-state index in [0.717, 1.165) is 28.7 Å². The predicted molar refractivity (Wildman–Crippen MR) is 76.5 cm³/mol. The van der Waals surface area contributed by atoms with Crippen LogP contribution in [0.4, 0.5) is 0 Å². The van der Waals surface area contributed by atoms with E-state index in [1.807, 2.05) is 24.3 Å². The second-order valence-electron chi connectivity index (χ2n) is 5.24. The highest BCUT2D eigenvalue weighted by Gasteiger charge is 2.19. The standard InChI is InChI=1S/C15H18ClN3/c16-13-9-5-4-8-12(13)10-14-17-15(19-18-14)11-6-2-1-3-7-11/h4-5,8-9,11H,1-3,6-7,10H2,(H,17,18,19). The molecule has 1 saturated carbocycles.